The van der Waals surface area contributed by atoms with Gasteiger partial charge in [-0.25, -0.2) is 5.01 Å². The summed E-state index contributed by atoms with van der Waals surface area (Å²) >= 11 is 1.81. The van der Waals surface area contributed by atoms with E-state index in [9.17, 15) is 0 Å². The summed E-state index contributed by atoms with van der Waals surface area (Å²) in [7, 11) is 2.04. The number of hydrazine groups is 1. The molecule has 2 nitrogen and oxygen atoms in total. The molecule has 0 bridgehead atoms. The van der Waals surface area contributed by atoms with E-state index in [4.69, 9.17) is 0 Å². The summed E-state index contributed by atoms with van der Waals surface area (Å²) in [6, 6.07) is 0. The molecule has 0 saturated carbocycles. The molecule has 0 rings (SSSR count). The summed E-state index contributed by atoms with van der Waals surface area (Å²) in [6.45, 7) is 3.11. The van der Waals surface area contributed by atoms with E-state index in [0.717, 1.165) is 12.4 Å². The van der Waals surface area contributed by atoms with Gasteiger partial charge >= 0.3 is 0 Å². The first-order valence-corrected chi connectivity index (χ1v) is 4.14. The molecule has 0 atom stereocenters. The van der Waals surface area contributed by atoms with Crippen LogP contribution in [0.2, 0.25) is 0 Å². The van der Waals surface area contributed by atoms with Gasteiger partial charge in [0, 0.05) is 13.6 Å². The second-order valence-corrected chi connectivity index (χ2v) is 2.46. The Kier molecular flexibility index (Phi) is 5.59. The Morgan fingerprint density at radius 3 is 2.62 bits per heavy atom. The van der Waals surface area contributed by atoms with Crippen molar-refractivity contribution in [1.82, 2.24) is 10.4 Å². The van der Waals surface area contributed by atoms with Crippen molar-refractivity contribution >= 4 is 11.8 Å². The van der Waals surface area contributed by atoms with Crippen LogP contribution < -0.4 is 5.43 Å². The first-order valence-electron chi connectivity index (χ1n) is 2.74. The molecule has 0 aromatic rings. The summed E-state index contributed by atoms with van der Waals surface area (Å²) < 4.78 is 0. The lowest BCUT2D eigenvalue weighted by Gasteiger charge is -2.14. The van der Waals surface area contributed by atoms with Crippen LogP contribution in [0.5, 0.6) is 0 Å². The van der Waals surface area contributed by atoms with Crippen LogP contribution >= 0.6 is 11.8 Å². The number of thioether (sulfide) groups is 1. The van der Waals surface area contributed by atoms with E-state index in [-0.39, 0.29) is 0 Å². The summed E-state index contributed by atoms with van der Waals surface area (Å²) in [4.78, 5) is 0. The Labute approximate surface area is 55.6 Å². The maximum absolute atomic E-state index is 3.16. The SMILES string of the molecule is CCNN(C)CSC. The molecule has 0 aliphatic heterocycles. The number of nitrogens with zero attached hydrogens (tertiary/aromatic N) is 1. The molecule has 3 heteroatoms. The van der Waals surface area contributed by atoms with E-state index in [1.54, 1.807) is 0 Å². The average molecular weight is 134 g/mol. The van der Waals surface area contributed by atoms with Crippen LogP contribution in [0.1, 0.15) is 6.92 Å². The van der Waals surface area contributed by atoms with Gasteiger partial charge in [0.25, 0.3) is 0 Å². The van der Waals surface area contributed by atoms with Crippen LogP contribution in [0.3, 0.4) is 0 Å². The number of hydrogen-bond donors (Lipinski definition) is 1. The van der Waals surface area contributed by atoms with Gasteiger partial charge in [-0.3, -0.25) is 5.43 Å². The minimum atomic E-state index is 1.01. The highest BCUT2D eigenvalue weighted by atomic mass is 32.2. The first kappa shape index (κ1) is 8.27. The standard InChI is InChI=1S/C5H14N2S/c1-4-6-7(2)5-8-3/h6H,4-5H2,1-3H3. The molecule has 0 aromatic heterocycles. The van der Waals surface area contributed by atoms with Crippen molar-refractivity contribution in [3.8, 4) is 0 Å². The second-order valence-electron chi connectivity index (χ2n) is 1.63. The molecule has 0 aromatic carbocycles. The fourth-order valence-corrected chi connectivity index (χ4v) is 0.988. The van der Waals surface area contributed by atoms with Gasteiger partial charge in [-0.2, -0.15) is 0 Å². The molecule has 0 aliphatic carbocycles. The van der Waals surface area contributed by atoms with E-state index >= 15 is 0 Å². The summed E-state index contributed by atoms with van der Waals surface area (Å²) in [6.07, 6.45) is 2.09. The van der Waals surface area contributed by atoms with Gasteiger partial charge < -0.3 is 0 Å². The summed E-state index contributed by atoms with van der Waals surface area (Å²) in [5, 5.41) is 2.07. The Morgan fingerprint density at radius 2 is 2.25 bits per heavy atom. The Hall–Kier alpha value is 0.270. The van der Waals surface area contributed by atoms with Crippen molar-refractivity contribution in [3.63, 3.8) is 0 Å². The fraction of sp³-hybridized carbons (Fsp3) is 1.00. The van der Waals surface area contributed by atoms with Gasteiger partial charge in [-0.05, 0) is 6.26 Å². The monoisotopic (exact) mass is 134 g/mol. The molecule has 0 saturated heterocycles. The zero-order chi connectivity index (χ0) is 6.41. The third kappa shape index (κ3) is 4.43. The smallest absolute Gasteiger partial charge is 0.0581 e. The molecule has 0 heterocycles. The van der Waals surface area contributed by atoms with Crippen LogP contribution in [0.4, 0.5) is 0 Å². The van der Waals surface area contributed by atoms with Crippen molar-refractivity contribution in [2.24, 2.45) is 0 Å². The van der Waals surface area contributed by atoms with Gasteiger partial charge in [0.15, 0.2) is 0 Å². The van der Waals surface area contributed by atoms with Crippen LogP contribution in [-0.2, 0) is 0 Å². The molecular weight excluding hydrogens is 120 g/mol. The van der Waals surface area contributed by atoms with Crippen LogP contribution in [-0.4, -0.2) is 30.7 Å². The van der Waals surface area contributed by atoms with E-state index < -0.39 is 0 Å². The number of nitrogens with one attached hydrogen (secondary N) is 1. The molecule has 1 N–H and O–H groups in total. The Morgan fingerprint density at radius 1 is 1.62 bits per heavy atom. The van der Waals surface area contributed by atoms with Gasteiger partial charge in [0.2, 0.25) is 0 Å². The largest absolute Gasteiger partial charge is 0.255 e. The van der Waals surface area contributed by atoms with Gasteiger partial charge in [-0.15, -0.1) is 11.8 Å². The molecule has 0 fully saturated rings. The predicted molar refractivity (Wildman–Crippen MR) is 39.8 cm³/mol. The molecule has 0 unspecified atom stereocenters. The van der Waals surface area contributed by atoms with E-state index in [1.807, 2.05) is 18.8 Å². The lowest BCUT2D eigenvalue weighted by Crippen LogP contribution is -2.33. The van der Waals surface area contributed by atoms with Crippen LogP contribution in [0.25, 0.3) is 0 Å². The lowest BCUT2D eigenvalue weighted by molar-refractivity contribution is 0.286. The van der Waals surface area contributed by atoms with Crippen LogP contribution in [0, 0.1) is 0 Å². The molecule has 0 aliphatic rings. The van der Waals surface area contributed by atoms with Gasteiger partial charge in [-0.1, -0.05) is 6.92 Å². The topological polar surface area (TPSA) is 15.3 Å². The normalized spacial score (nSPS) is 10.5. The zero-order valence-corrected chi connectivity index (χ0v) is 6.59. The second kappa shape index (κ2) is 5.41. The van der Waals surface area contributed by atoms with E-state index in [1.165, 1.54) is 0 Å². The third-order valence-corrected chi connectivity index (χ3v) is 1.40. The fourth-order valence-electron chi connectivity index (χ4n) is 0.509. The van der Waals surface area contributed by atoms with Crippen molar-refractivity contribution in [2.75, 3.05) is 25.7 Å². The number of rotatable bonds is 4. The summed E-state index contributed by atoms with van der Waals surface area (Å²) in [5.74, 6) is 1.05. The molecule has 8 heavy (non-hydrogen) atoms. The Balaban J connectivity index is 2.92. The molecular formula is C5H14N2S. The number of hydrogen-bond acceptors (Lipinski definition) is 3. The molecule has 0 amide bonds. The zero-order valence-electron chi connectivity index (χ0n) is 5.77. The van der Waals surface area contributed by atoms with Gasteiger partial charge in [0.1, 0.15) is 0 Å². The highest BCUT2D eigenvalue weighted by Crippen LogP contribution is 1.90. The van der Waals surface area contributed by atoms with E-state index in [2.05, 4.69) is 23.6 Å². The molecule has 50 valence electrons. The van der Waals surface area contributed by atoms with Crippen LogP contribution in [0.15, 0.2) is 0 Å². The average Bonchev–Trinajstić information content (AvgIpc) is 1.68. The minimum absolute atomic E-state index is 1.01. The lowest BCUT2D eigenvalue weighted by atomic mass is 10.8. The highest BCUT2D eigenvalue weighted by Gasteiger charge is 1.88. The summed E-state index contributed by atoms with van der Waals surface area (Å²) in [5.41, 5.74) is 3.16. The van der Waals surface area contributed by atoms with Crippen molar-refractivity contribution < 1.29 is 0 Å². The minimum Gasteiger partial charge on any atom is -0.255 e. The van der Waals surface area contributed by atoms with Crippen molar-refractivity contribution in [1.29, 1.82) is 0 Å². The molecule has 0 radical (unpaired) electrons. The first-order chi connectivity index (χ1) is 3.81. The third-order valence-electron chi connectivity index (χ3n) is 0.751. The maximum atomic E-state index is 3.16. The highest BCUT2D eigenvalue weighted by molar-refractivity contribution is 7.98. The molecule has 0 spiro atoms. The van der Waals surface area contributed by atoms with Crippen molar-refractivity contribution in [2.45, 2.75) is 6.92 Å². The van der Waals surface area contributed by atoms with Gasteiger partial charge in [0.05, 0.1) is 5.88 Å². The quantitative estimate of drug-likeness (QED) is 0.451. The van der Waals surface area contributed by atoms with E-state index in [0.29, 0.717) is 0 Å². The van der Waals surface area contributed by atoms with Crippen molar-refractivity contribution in [3.05, 3.63) is 0 Å². The maximum Gasteiger partial charge on any atom is 0.0581 e. The predicted octanol–water partition coefficient (Wildman–Crippen LogP) is 0.763. The Bertz CT molecular complexity index is 43.7.